The topological polar surface area (TPSA) is 37.3 Å². The summed E-state index contributed by atoms with van der Waals surface area (Å²) in [4.78, 5) is 15.3. The van der Waals surface area contributed by atoms with Gasteiger partial charge in [0.05, 0.1) is 0 Å². The van der Waals surface area contributed by atoms with Crippen LogP contribution in [0.1, 0.15) is 53.4 Å². The summed E-state index contributed by atoms with van der Waals surface area (Å²) < 4.78 is 2.31. The number of hydrogen-bond acceptors (Lipinski definition) is 2. The summed E-state index contributed by atoms with van der Waals surface area (Å²) >= 11 is 6.03. The molecule has 0 aliphatic carbocycles. The van der Waals surface area contributed by atoms with Crippen LogP contribution in [0.25, 0.3) is 10.9 Å². The molecule has 5 heteroatoms. The van der Waals surface area contributed by atoms with Gasteiger partial charge in [-0.15, -0.1) is 0 Å². The highest BCUT2D eigenvalue weighted by Crippen LogP contribution is 2.27. The quantitative estimate of drug-likeness (QED) is 0.547. The van der Waals surface area contributed by atoms with Crippen molar-refractivity contribution in [3.05, 3.63) is 69.9 Å². The molecule has 164 valence electrons. The Morgan fingerprint density at radius 2 is 1.90 bits per heavy atom. The first-order valence-corrected chi connectivity index (χ1v) is 11.7. The number of carbonyl (C=O) groups is 1. The molecule has 1 saturated heterocycles. The number of fused-ring (bicyclic) bond motifs is 1. The number of carbonyl (C=O) groups excluding carboxylic acids is 1. The van der Waals surface area contributed by atoms with Crippen LogP contribution >= 0.6 is 11.6 Å². The first-order valence-electron chi connectivity index (χ1n) is 11.3. The van der Waals surface area contributed by atoms with E-state index in [-0.39, 0.29) is 5.91 Å². The molecule has 0 bridgehead atoms. The minimum Gasteiger partial charge on any atom is -0.351 e. The summed E-state index contributed by atoms with van der Waals surface area (Å²) in [5.41, 5.74) is 5.54. The Labute approximate surface area is 190 Å². The van der Waals surface area contributed by atoms with E-state index in [4.69, 9.17) is 11.6 Å². The molecule has 0 saturated carbocycles. The normalized spacial score (nSPS) is 17.2. The summed E-state index contributed by atoms with van der Waals surface area (Å²) in [7, 11) is 0. The van der Waals surface area contributed by atoms with E-state index < -0.39 is 0 Å². The number of likely N-dealkylation sites (tertiary alicyclic amines) is 1. The Morgan fingerprint density at radius 1 is 1.13 bits per heavy atom. The van der Waals surface area contributed by atoms with Crippen LogP contribution in [0.5, 0.6) is 0 Å². The van der Waals surface area contributed by atoms with Crippen molar-refractivity contribution in [3.8, 4) is 0 Å². The number of nitrogens with zero attached hydrogens (tertiary/aromatic N) is 2. The molecule has 3 aromatic rings. The van der Waals surface area contributed by atoms with Gasteiger partial charge in [-0.2, -0.15) is 0 Å². The number of amides is 1. The van der Waals surface area contributed by atoms with E-state index in [0.29, 0.717) is 12.6 Å². The molecule has 0 spiro atoms. The van der Waals surface area contributed by atoms with Crippen molar-refractivity contribution in [1.82, 2.24) is 14.8 Å². The van der Waals surface area contributed by atoms with Crippen molar-refractivity contribution in [2.24, 2.45) is 0 Å². The van der Waals surface area contributed by atoms with E-state index in [1.807, 2.05) is 24.3 Å². The minimum absolute atomic E-state index is 0.00840. The van der Waals surface area contributed by atoms with Crippen LogP contribution in [-0.2, 0) is 6.54 Å². The molecular weight excluding hydrogens is 406 g/mol. The summed E-state index contributed by atoms with van der Waals surface area (Å²) in [6.45, 7) is 10.1. The van der Waals surface area contributed by atoms with Crippen LogP contribution in [0.3, 0.4) is 0 Å². The number of rotatable bonds is 6. The first-order chi connectivity index (χ1) is 14.9. The first kappa shape index (κ1) is 21.9. The number of hydrogen-bond donors (Lipinski definition) is 1. The number of aryl methyl sites for hydroxylation is 1. The minimum atomic E-state index is 0.00840. The van der Waals surface area contributed by atoms with Gasteiger partial charge in [0.1, 0.15) is 0 Å². The molecular formula is C26H32ClN3O. The summed E-state index contributed by atoms with van der Waals surface area (Å²) in [6, 6.07) is 14.7. The largest absolute Gasteiger partial charge is 0.351 e. The second kappa shape index (κ2) is 9.46. The average Bonchev–Trinajstić information content (AvgIpc) is 3.01. The number of aromatic nitrogens is 1. The Kier molecular flexibility index (Phi) is 6.68. The van der Waals surface area contributed by atoms with Crippen molar-refractivity contribution in [1.29, 1.82) is 0 Å². The zero-order chi connectivity index (χ0) is 22.0. The Morgan fingerprint density at radius 3 is 2.65 bits per heavy atom. The fraction of sp³-hybridized carbons (Fsp3) is 0.423. The van der Waals surface area contributed by atoms with Crippen LogP contribution < -0.4 is 5.32 Å². The highest BCUT2D eigenvalue weighted by Gasteiger charge is 2.18. The smallest absolute Gasteiger partial charge is 0.251 e. The molecule has 1 aliphatic rings. The fourth-order valence-corrected chi connectivity index (χ4v) is 4.80. The lowest BCUT2D eigenvalue weighted by Crippen LogP contribution is -2.42. The standard InChI is InChI=1S/C26H32ClN3O/c1-18-6-4-5-14-29(18)15-13-28-26(31)22-9-12-25-24(16-22)19(2)20(3)30(25)17-21-7-10-23(27)11-8-21/h7-12,16,18H,4-6,13-15,17H2,1-3H3,(H,28,31)/t18-/m1/s1. The average molecular weight is 438 g/mol. The van der Waals surface area contributed by atoms with Crippen molar-refractivity contribution >= 4 is 28.4 Å². The third kappa shape index (κ3) is 4.81. The van der Waals surface area contributed by atoms with Gasteiger partial charge in [0, 0.05) is 52.9 Å². The second-order valence-corrected chi connectivity index (χ2v) is 9.23. The van der Waals surface area contributed by atoms with Crippen LogP contribution in [0.15, 0.2) is 42.5 Å². The van der Waals surface area contributed by atoms with Gasteiger partial charge in [-0.3, -0.25) is 9.69 Å². The molecule has 1 aliphatic heterocycles. The van der Waals surface area contributed by atoms with E-state index in [0.717, 1.165) is 41.1 Å². The van der Waals surface area contributed by atoms with E-state index in [1.54, 1.807) is 0 Å². The van der Waals surface area contributed by atoms with Crippen molar-refractivity contribution in [2.45, 2.75) is 52.6 Å². The lowest BCUT2D eigenvalue weighted by molar-refractivity contribution is 0.0938. The van der Waals surface area contributed by atoms with Crippen molar-refractivity contribution in [3.63, 3.8) is 0 Å². The maximum absolute atomic E-state index is 12.8. The second-order valence-electron chi connectivity index (χ2n) is 8.79. The maximum Gasteiger partial charge on any atom is 0.251 e. The fourth-order valence-electron chi connectivity index (χ4n) is 4.67. The summed E-state index contributed by atoms with van der Waals surface area (Å²) in [6.07, 6.45) is 3.84. The zero-order valence-electron chi connectivity index (χ0n) is 18.7. The molecule has 1 atom stereocenters. The molecule has 0 radical (unpaired) electrons. The third-order valence-corrected chi connectivity index (χ3v) is 7.03. The molecule has 31 heavy (non-hydrogen) atoms. The highest BCUT2D eigenvalue weighted by molar-refractivity contribution is 6.30. The predicted molar refractivity (Wildman–Crippen MR) is 129 cm³/mol. The highest BCUT2D eigenvalue weighted by atomic mass is 35.5. The molecule has 1 fully saturated rings. The van der Waals surface area contributed by atoms with Gasteiger partial charge < -0.3 is 9.88 Å². The van der Waals surface area contributed by atoms with E-state index in [2.05, 4.69) is 53.8 Å². The molecule has 1 N–H and O–H groups in total. The Bertz CT molecular complexity index is 1070. The maximum atomic E-state index is 12.8. The molecule has 2 aromatic carbocycles. The Hall–Kier alpha value is -2.30. The van der Waals surface area contributed by atoms with Gasteiger partial charge in [0.2, 0.25) is 0 Å². The van der Waals surface area contributed by atoms with E-state index >= 15 is 0 Å². The lowest BCUT2D eigenvalue weighted by Gasteiger charge is -2.33. The summed E-state index contributed by atoms with van der Waals surface area (Å²) in [5, 5.41) is 5.01. The number of piperidine rings is 1. The molecule has 2 heterocycles. The zero-order valence-corrected chi connectivity index (χ0v) is 19.5. The number of nitrogens with one attached hydrogen (secondary N) is 1. The summed E-state index contributed by atoms with van der Waals surface area (Å²) in [5.74, 6) is 0.00840. The molecule has 4 rings (SSSR count). The molecule has 0 unspecified atom stereocenters. The third-order valence-electron chi connectivity index (χ3n) is 6.78. The van der Waals surface area contributed by atoms with Crippen molar-refractivity contribution in [2.75, 3.05) is 19.6 Å². The van der Waals surface area contributed by atoms with Crippen LogP contribution in [0.2, 0.25) is 5.02 Å². The van der Waals surface area contributed by atoms with Crippen LogP contribution in [-0.4, -0.2) is 41.1 Å². The van der Waals surface area contributed by atoms with Gasteiger partial charge in [-0.05, 0) is 81.6 Å². The monoisotopic (exact) mass is 437 g/mol. The lowest BCUT2D eigenvalue weighted by atomic mass is 10.0. The van der Waals surface area contributed by atoms with Crippen LogP contribution in [0.4, 0.5) is 0 Å². The predicted octanol–water partition coefficient (Wildman–Crippen LogP) is 5.56. The van der Waals surface area contributed by atoms with E-state index in [9.17, 15) is 4.79 Å². The molecule has 1 amide bonds. The van der Waals surface area contributed by atoms with E-state index in [1.165, 1.54) is 36.1 Å². The SMILES string of the molecule is Cc1c(C)n(Cc2ccc(Cl)cc2)c2ccc(C(=O)NCCN3CCCC[C@H]3C)cc12. The van der Waals surface area contributed by atoms with Gasteiger partial charge >= 0.3 is 0 Å². The molecule has 1 aromatic heterocycles. The van der Waals surface area contributed by atoms with Gasteiger partial charge in [-0.1, -0.05) is 30.2 Å². The molecule has 4 nitrogen and oxygen atoms in total. The number of benzene rings is 2. The van der Waals surface area contributed by atoms with Crippen molar-refractivity contribution < 1.29 is 4.79 Å². The van der Waals surface area contributed by atoms with Gasteiger partial charge in [0.15, 0.2) is 0 Å². The van der Waals surface area contributed by atoms with Crippen LogP contribution in [0, 0.1) is 13.8 Å². The number of halogens is 1. The Balaban J connectivity index is 1.48. The van der Waals surface area contributed by atoms with Gasteiger partial charge in [-0.25, -0.2) is 0 Å². The van der Waals surface area contributed by atoms with Gasteiger partial charge in [0.25, 0.3) is 5.91 Å².